The summed E-state index contributed by atoms with van der Waals surface area (Å²) in [6.45, 7) is 1.92. The predicted octanol–water partition coefficient (Wildman–Crippen LogP) is 0.968. The summed E-state index contributed by atoms with van der Waals surface area (Å²) in [4.78, 5) is 7.35. The third kappa shape index (κ3) is 3.69. The van der Waals surface area contributed by atoms with Crippen molar-refractivity contribution in [3.63, 3.8) is 0 Å². The van der Waals surface area contributed by atoms with Crippen LogP contribution in [0.3, 0.4) is 0 Å². The molecule has 0 N–H and O–H groups in total. The van der Waals surface area contributed by atoms with Gasteiger partial charge in [-0.15, -0.1) is 9.24 Å². The van der Waals surface area contributed by atoms with Crippen molar-refractivity contribution >= 4 is 9.24 Å². The van der Waals surface area contributed by atoms with Crippen LogP contribution in [0.4, 0.5) is 0 Å². The Kier molecular flexibility index (Phi) is 6.11. The fourth-order valence-electron chi connectivity index (χ4n) is 0.253. The molecule has 0 aliphatic rings. The molecule has 1 aromatic rings. The predicted molar refractivity (Wildman–Crippen MR) is 37.7 cm³/mol. The summed E-state index contributed by atoms with van der Waals surface area (Å²) in [6, 6.07) is 1.78. The Hall–Kier alpha value is -0.490. The second-order valence-electron chi connectivity index (χ2n) is 0.904. The lowest BCUT2D eigenvalue weighted by molar-refractivity contribution is 1.17. The molecule has 0 spiro atoms. The second-order valence-corrected chi connectivity index (χ2v) is 0.904. The van der Waals surface area contributed by atoms with E-state index >= 15 is 0 Å². The molecule has 1 unspecified atom stereocenters. The van der Waals surface area contributed by atoms with Gasteiger partial charge in [0.15, 0.2) is 0 Å². The van der Waals surface area contributed by atoms with Gasteiger partial charge in [0.2, 0.25) is 0 Å². The molecule has 0 radical (unpaired) electrons. The molecular formula is C5H9N2P. The Morgan fingerprint density at radius 1 is 1.12 bits per heavy atom. The molecule has 8 heavy (non-hydrogen) atoms. The van der Waals surface area contributed by atoms with Crippen molar-refractivity contribution in [2.45, 2.75) is 0 Å². The Morgan fingerprint density at radius 3 is 1.75 bits per heavy atom. The van der Waals surface area contributed by atoms with Crippen LogP contribution in [0.1, 0.15) is 0 Å². The Morgan fingerprint density at radius 2 is 1.62 bits per heavy atom. The summed E-state index contributed by atoms with van der Waals surface area (Å²) in [7, 11) is 2.42. The standard InChI is InChI=1S/C4H4N2.CH5P/c1-2-5-4-6-3-1;1-2/h1-4H;2H2,1H3. The normalized spacial score (nSPS) is 6.75. The van der Waals surface area contributed by atoms with Crippen molar-refractivity contribution in [1.29, 1.82) is 0 Å². The maximum Gasteiger partial charge on any atom is 0.115 e. The van der Waals surface area contributed by atoms with Crippen LogP contribution in [0.15, 0.2) is 24.8 Å². The van der Waals surface area contributed by atoms with Crippen LogP contribution in [-0.4, -0.2) is 16.6 Å². The molecule has 0 saturated heterocycles. The third-order valence-corrected chi connectivity index (χ3v) is 0.478. The number of hydrogen-bond acceptors (Lipinski definition) is 2. The van der Waals surface area contributed by atoms with Gasteiger partial charge in [0, 0.05) is 12.4 Å². The van der Waals surface area contributed by atoms with Gasteiger partial charge >= 0.3 is 0 Å². The molecule has 3 heteroatoms. The van der Waals surface area contributed by atoms with Crippen LogP contribution in [0.2, 0.25) is 0 Å². The molecule has 0 aromatic carbocycles. The molecule has 0 amide bonds. The van der Waals surface area contributed by atoms with Crippen molar-refractivity contribution < 1.29 is 0 Å². The van der Waals surface area contributed by atoms with Gasteiger partial charge in [-0.1, -0.05) is 6.66 Å². The molecule has 0 saturated carbocycles. The molecule has 1 aromatic heterocycles. The molecule has 0 aliphatic heterocycles. The SMILES string of the molecule is CP.c1cncnc1. The van der Waals surface area contributed by atoms with E-state index in [-0.39, 0.29) is 0 Å². The first-order chi connectivity index (χ1) is 4.00. The van der Waals surface area contributed by atoms with Gasteiger partial charge in [-0.3, -0.25) is 0 Å². The van der Waals surface area contributed by atoms with E-state index in [0.717, 1.165) is 0 Å². The first kappa shape index (κ1) is 7.51. The van der Waals surface area contributed by atoms with Gasteiger partial charge in [-0.05, 0) is 6.07 Å². The smallest absolute Gasteiger partial charge is 0.115 e. The van der Waals surface area contributed by atoms with Crippen molar-refractivity contribution in [2.24, 2.45) is 0 Å². The lowest BCUT2D eigenvalue weighted by Gasteiger charge is -1.70. The molecule has 1 heterocycles. The van der Waals surface area contributed by atoms with Crippen LogP contribution in [-0.2, 0) is 0 Å². The van der Waals surface area contributed by atoms with Gasteiger partial charge in [-0.25, -0.2) is 9.97 Å². The minimum Gasteiger partial charge on any atom is -0.245 e. The zero-order valence-corrected chi connectivity index (χ0v) is 5.94. The maximum atomic E-state index is 3.67. The number of nitrogens with zero attached hydrogens (tertiary/aromatic N) is 2. The van der Waals surface area contributed by atoms with E-state index in [0.29, 0.717) is 0 Å². The summed E-state index contributed by atoms with van der Waals surface area (Å²) in [5.41, 5.74) is 0. The summed E-state index contributed by atoms with van der Waals surface area (Å²) in [5.74, 6) is 0. The molecule has 44 valence electrons. The van der Waals surface area contributed by atoms with E-state index in [2.05, 4.69) is 19.2 Å². The molecule has 2 nitrogen and oxygen atoms in total. The van der Waals surface area contributed by atoms with E-state index in [1.165, 1.54) is 6.33 Å². The number of rotatable bonds is 0. The zero-order valence-electron chi connectivity index (χ0n) is 4.78. The van der Waals surface area contributed by atoms with Crippen molar-refractivity contribution in [3.05, 3.63) is 24.8 Å². The van der Waals surface area contributed by atoms with E-state index in [1.54, 1.807) is 18.5 Å². The average molecular weight is 128 g/mol. The van der Waals surface area contributed by atoms with Gasteiger partial charge < -0.3 is 0 Å². The lowest BCUT2D eigenvalue weighted by atomic mass is 10.7. The Bertz CT molecular complexity index is 82.4. The quantitative estimate of drug-likeness (QED) is 0.486. The molecule has 1 atom stereocenters. The average Bonchev–Trinajstić information content (AvgIpc) is 1.96. The highest BCUT2D eigenvalue weighted by Gasteiger charge is 1.59. The third-order valence-electron chi connectivity index (χ3n) is 0.478. The van der Waals surface area contributed by atoms with Crippen LogP contribution in [0, 0.1) is 0 Å². The molecule has 1 rings (SSSR count). The van der Waals surface area contributed by atoms with Crippen molar-refractivity contribution in [3.8, 4) is 0 Å². The largest absolute Gasteiger partial charge is 0.245 e. The Balaban J connectivity index is 0.000000222. The minimum atomic E-state index is 1.50. The van der Waals surface area contributed by atoms with E-state index in [9.17, 15) is 0 Å². The first-order valence-corrected chi connectivity index (χ1v) is 3.43. The highest BCUT2D eigenvalue weighted by atomic mass is 31.0. The summed E-state index contributed by atoms with van der Waals surface area (Å²) < 4.78 is 0. The van der Waals surface area contributed by atoms with Crippen LogP contribution in [0.5, 0.6) is 0 Å². The van der Waals surface area contributed by atoms with Crippen molar-refractivity contribution in [2.75, 3.05) is 6.66 Å². The number of aromatic nitrogens is 2. The fraction of sp³-hybridized carbons (Fsp3) is 0.200. The maximum absolute atomic E-state index is 3.67. The summed E-state index contributed by atoms with van der Waals surface area (Å²) >= 11 is 0. The van der Waals surface area contributed by atoms with Crippen molar-refractivity contribution in [1.82, 2.24) is 9.97 Å². The van der Waals surface area contributed by atoms with Gasteiger partial charge in [0.1, 0.15) is 6.33 Å². The summed E-state index contributed by atoms with van der Waals surface area (Å²) in [5, 5.41) is 0. The minimum absolute atomic E-state index is 1.50. The van der Waals surface area contributed by atoms with Gasteiger partial charge in [0.05, 0.1) is 0 Å². The van der Waals surface area contributed by atoms with Crippen LogP contribution in [0.25, 0.3) is 0 Å². The van der Waals surface area contributed by atoms with Crippen LogP contribution < -0.4 is 0 Å². The van der Waals surface area contributed by atoms with Gasteiger partial charge in [-0.2, -0.15) is 0 Å². The Labute approximate surface area is 51.6 Å². The zero-order chi connectivity index (χ0) is 6.24. The molecular weight excluding hydrogens is 119 g/mol. The van der Waals surface area contributed by atoms with E-state index in [4.69, 9.17) is 0 Å². The summed E-state index contributed by atoms with van der Waals surface area (Å²) in [6.07, 6.45) is 4.88. The van der Waals surface area contributed by atoms with Gasteiger partial charge in [0.25, 0.3) is 0 Å². The first-order valence-electron chi connectivity index (χ1n) is 2.28. The van der Waals surface area contributed by atoms with Crippen LogP contribution >= 0.6 is 9.24 Å². The molecule has 0 fully saturated rings. The van der Waals surface area contributed by atoms with E-state index in [1.807, 2.05) is 6.66 Å². The second kappa shape index (κ2) is 6.51. The van der Waals surface area contributed by atoms with E-state index < -0.39 is 0 Å². The fourth-order valence-corrected chi connectivity index (χ4v) is 0.253. The number of hydrogen-bond donors (Lipinski definition) is 0. The topological polar surface area (TPSA) is 25.8 Å². The highest BCUT2D eigenvalue weighted by molar-refractivity contribution is 7.15. The monoisotopic (exact) mass is 128 g/mol. The molecule has 0 bridgehead atoms. The highest BCUT2D eigenvalue weighted by Crippen LogP contribution is 1.66. The molecule has 0 aliphatic carbocycles. The lowest BCUT2D eigenvalue weighted by Crippen LogP contribution is -1.66.